The molecule has 2 aliphatic rings. The van der Waals surface area contributed by atoms with Crippen LogP contribution >= 0.6 is 15.9 Å². The summed E-state index contributed by atoms with van der Waals surface area (Å²) in [5.41, 5.74) is 7.14. The minimum absolute atomic E-state index is 0.0531. The van der Waals surface area contributed by atoms with Gasteiger partial charge in [-0.15, -0.1) is 0 Å². The average molecular weight is 586 g/mol. The predicted octanol–water partition coefficient (Wildman–Crippen LogP) is 6.12. The number of anilines is 1. The van der Waals surface area contributed by atoms with E-state index < -0.39 is 0 Å². The second-order valence-electron chi connectivity index (χ2n) is 10.8. The SMILES string of the molecule is CCC(C)(C)C(=O)OC.COC(C)c1ncc(N2CCNCC2)cc1-c1cc2cc(Br)cc3c2n1CCC3. The van der Waals surface area contributed by atoms with Gasteiger partial charge in [0, 0.05) is 55.3 Å². The summed E-state index contributed by atoms with van der Waals surface area (Å²) < 4.78 is 13.9. The quantitative estimate of drug-likeness (QED) is 0.352. The largest absolute Gasteiger partial charge is 0.469 e. The van der Waals surface area contributed by atoms with Crippen LogP contribution in [-0.2, 0) is 27.2 Å². The van der Waals surface area contributed by atoms with Crippen molar-refractivity contribution < 1.29 is 14.3 Å². The number of pyridine rings is 1. The molecule has 2 aliphatic heterocycles. The normalized spacial score (nSPS) is 16.1. The molecule has 5 rings (SSSR count). The third kappa shape index (κ3) is 5.92. The van der Waals surface area contributed by atoms with Gasteiger partial charge in [0.1, 0.15) is 0 Å². The number of nitrogens with one attached hydrogen (secondary N) is 1. The van der Waals surface area contributed by atoms with Crippen LogP contribution in [0.2, 0.25) is 0 Å². The number of benzene rings is 1. The van der Waals surface area contributed by atoms with Crippen molar-refractivity contribution in [3.63, 3.8) is 0 Å². The average Bonchev–Trinajstić information content (AvgIpc) is 3.31. The molecule has 1 fully saturated rings. The molecule has 1 saturated heterocycles. The number of carbonyl (C=O) groups excluding carboxylic acids is 1. The summed E-state index contributed by atoms with van der Waals surface area (Å²) in [6, 6.07) is 9.16. The van der Waals surface area contributed by atoms with Crippen LogP contribution in [0.3, 0.4) is 0 Å². The predicted molar refractivity (Wildman–Crippen MR) is 158 cm³/mol. The van der Waals surface area contributed by atoms with Crippen LogP contribution in [0.15, 0.2) is 34.9 Å². The first kappa shape index (κ1) is 28.6. The number of aromatic nitrogens is 2. The summed E-state index contributed by atoms with van der Waals surface area (Å²) in [6.45, 7) is 12.9. The first-order chi connectivity index (χ1) is 18.2. The number of methoxy groups -OCH3 is 2. The Balaban J connectivity index is 0.000000323. The van der Waals surface area contributed by atoms with Gasteiger partial charge in [-0.1, -0.05) is 22.9 Å². The van der Waals surface area contributed by atoms with E-state index in [1.54, 1.807) is 7.11 Å². The second kappa shape index (κ2) is 12.2. The van der Waals surface area contributed by atoms with Crippen molar-refractivity contribution in [1.29, 1.82) is 0 Å². The number of rotatable bonds is 6. The number of ether oxygens (including phenoxy) is 2. The van der Waals surface area contributed by atoms with Crippen LogP contribution in [0.4, 0.5) is 5.69 Å². The number of aryl methyl sites for hydroxylation is 2. The van der Waals surface area contributed by atoms with Crippen molar-refractivity contribution in [2.75, 3.05) is 45.3 Å². The number of hydrogen-bond donors (Lipinski definition) is 1. The molecular formula is C30H41BrN4O3. The van der Waals surface area contributed by atoms with Crippen LogP contribution in [0.25, 0.3) is 22.2 Å². The van der Waals surface area contributed by atoms with Crippen LogP contribution < -0.4 is 10.2 Å². The molecule has 7 nitrogen and oxygen atoms in total. The monoisotopic (exact) mass is 584 g/mol. The van der Waals surface area contributed by atoms with Gasteiger partial charge in [0.15, 0.2) is 0 Å². The summed E-state index contributed by atoms with van der Waals surface area (Å²) in [5.74, 6) is -0.134. The van der Waals surface area contributed by atoms with E-state index in [1.165, 1.54) is 46.9 Å². The maximum Gasteiger partial charge on any atom is 0.311 e. The van der Waals surface area contributed by atoms with Crippen LogP contribution in [0.1, 0.15) is 57.9 Å². The third-order valence-corrected chi connectivity index (χ3v) is 8.34. The van der Waals surface area contributed by atoms with Gasteiger partial charge in [-0.25, -0.2) is 0 Å². The summed E-state index contributed by atoms with van der Waals surface area (Å²) in [5, 5.41) is 4.73. The lowest BCUT2D eigenvalue weighted by atomic mass is 9.91. The van der Waals surface area contributed by atoms with Crippen molar-refractivity contribution in [1.82, 2.24) is 14.9 Å². The van der Waals surface area contributed by atoms with E-state index >= 15 is 0 Å². The molecule has 0 saturated carbocycles. The fourth-order valence-electron chi connectivity index (χ4n) is 5.16. The third-order valence-electron chi connectivity index (χ3n) is 7.89. The molecule has 0 amide bonds. The Labute approximate surface area is 235 Å². The summed E-state index contributed by atoms with van der Waals surface area (Å²) >= 11 is 3.70. The van der Waals surface area contributed by atoms with Gasteiger partial charge in [0.25, 0.3) is 0 Å². The highest BCUT2D eigenvalue weighted by Crippen LogP contribution is 2.39. The van der Waals surface area contributed by atoms with E-state index in [4.69, 9.17) is 9.72 Å². The molecule has 206 valence electrons. The summed E-state index contributed by atoms with van der Waals surface area (Å²) in [4.78, 5) is 18.2. The van der Waals surface area contributed by atoms with Gasteiger partial charge in [-0.05, 0) is 69.9 Å². The Hall–Kier alpha value is -2.42. The van der Waals surface area contributed by atoms with Crippen molar-refractivity contribution >= 4 is 38.5 Å². The smallest absolute Gasteiger partial charge is 0.311 e. The van der Waals surface area contributed by atoms with Crippen LogP contribution in [-0.4, -0.2) is 55.9 Å². The lowest BCUT2D eigenvalue weighted by Crippen LogP contribution is -2.43. The van der Waals surface area contributed by atoms with Crippen LogP contribution in [0.5, 0.6) is 0 Å². The number of halogens is 1. The summed E-state index contributed by atoms with van der Waals surface area (Å²) in [6.07, 6.45) is 5.09. The van der Waals surface area contributed by atoms with Crippen molar-refractivity contribution in [3.05, 3.63) is 46.2 Å². The molecule has 0 aliphatic carbocycles. The standard InChI is InChI=1S/C23H27BrN4O.C7H14O2/c1-15(29-2)22-20(13-19(14-26-22)27-8-5-25-6-9-27)21-12-17-11-18(24)10-16-4-3-7-28(21)23(16)17;1-5-7(2,3)6(8)9-4/h10-15,25H,3-9H2,1-2H3;5H2,1-4H3. The van der Waals surface area contributed by atoms with E-state index in [2.05, 4.69) is 66.6 Å². The molecule has 0 radical (unpaired) electrons. The van der Waals surface area contributed by atoms with Gasteiger partial charge in [0.2, 0.25) is 0 Å². The zero-order valence-corrected chi connectivity index (χ0v) is 25.2. The van der Waals surface area contributed by atoms with E-state index in [1.807, 2.05) is 27.0 Å². The van der Waals surface area contributed by atoms with E-state index in [0.717, 1.165) is 55.7 Å². The van der Waals surface area contributed by atoms with Gasteiger partial charge in [-0.2, -0.15) is 0 Å². The lowest BCUT2D eigenvalue weighted by molar-refractivity contribution is -0.150. The highest BCUT2D eigenvalue weighted by Gasteiger charge is 2.26. The van der Waals surface area contributed by atoms with Gasteiger partial charge >= 0.3 is 5.97 Å². The highest BCUT2D eigenvalue weighted by atomic mass is 79.9. The van der Waals surface area contributed by atoms with E-state index in [-0.39, 0.29) is 17.5 Å². The molecule has 1 unspecified atom stereocenters. The maximum absolute atomic E-state index is 10.8. The Kier molecular flexibility index (Phi) is 9.16. The molecule has 1 N–H and O–H groups in total. The number of hydrogen-bond acceptors (Lipinski definition) is 6. The molecule has 0 spiro atoms. The second-order valence-corrected chi connectivity index (χ2v) is 11.7. The first-order valence-electron chi connectivity index (χ1n) is 13.6. The molecular weight excluding hydrogens is 544 g/mol. The van der Waals surface area contributed by atoms with Crippen LogP contribution in [0, 0.1) is 5.41 Å². The number of piperazine rings is 1. The number of carbonyl (C=O) groups is 1. The molecule has 3 aromatic rings. The van der Waals surface area contributed by atoms with Crippen molar-refractivity contribution in [3.8, 4) is 11.3 Å². The van der Waals surface area contributed by atoms with E-state index in [9.17, 15) is 4.79 Å². The zero-order valence-electron chi connectivity index (χ0n) is 23.6. The minimum atomic E-state index is -0.311. The van der Waals surface area contributed by atoms with Gasteiger partial charge in [-0.3, -0.25) is 9.78 Å². The zero-order chi connectivity index (χ0) is 27.4. The minimum Gasteiger partial charge on any atom is -0.469 e. The lowest BCUT2D eigenvalue weighted by Gasteiger charge is -2.30. The molecule has 2 aromatic heterocycles. The highest BCUT2D eigenvalue weighted by molar-refractivity contribution is 9.10. The van der Waals surface area contributed by atoms with Gasteiger partial charge in [0.05, 0.1) is 47.4 Å². The molecule has 38 heavy (non-hydrogen) atoms. The molecule has 1 aromatic carbocycles. The molecule has 1 atom stereocenters. The Morgan fingerprint density at radius 1 is 1.16 bits per heavy atom. The van der Waals surface area contributed by atoms with Crippen molar-refractivity contribution in [2.45, 2.75) is 59.6 Å². The first-order valence-corrected chi connectivity index (χ1v) is 14.4. The molecule has 4 heterocycles. The van der Waals surface area contributed by atoms with Crippen molar-refractivity contribution in [2.24, 2.45) is 5.41 Å². The number of esters is 1. The fourth-order valence-corrected chi connectivity index (χ4v) is 5.68. The Bertz CT molecular complexity index is 1280. The summed E-state index contributed by atoms with van der Waals surface area (Å²) in [7, 11) is 3.17. The topological polar surface area (TPSA) is 68.6 Å². The maximum atomic E-state index is 10.8. The number of nitrogens with zero attached hydrogens (tertiary/aromatic N) is 3. The fraction of sp³-hybridized carbons (Fsp3) is 0.533. The Morgan fingerprint density at radius 3 is 2.53 bits per heavy atom. The van der Waals surface area contributed by atoms with E-state index in [0.29, 0.717) is 0 Å². The Morgan fingerprint density at radius 2 is 1.89 bits per heavy atom. The van der Waals surface area contributed by atoms with Gasteiger partial charge < -0.3 is 24.3 Å². The molecule has 0 bridgehead atoms. The molecule has 8 heteroatoms.